The van der Waals surface area contributed by atoms with E-state index in [0.717, 1.165) is 31.0 Å². The highest BCUT2D eigenvalue weighted by atomic mass is 35.5. The van der Waals surface area contributed by atoms with Crippen LogP contribution in [0.3, 0.4) is 0 Å². The van der Waals surface area contributed by atoms with Gasteiger partial charge in [0.25, 0.3) is 0 Å². The van der Waals surface area contributed by atoms with Crippen molar-refractivity contribution in [1.29, 1.82) is 0 Å². The van der Waals surface area contributed by atoms with Crippen molar-refractivity contribution in [3.63, 3.8) is 0 Å². The Hall–Kier alpha value is -1.31. The predicted molar refractivity (Wildman–Crippen MR) is 96.6 cm³/mol. The third-order valence-corrected chi connectivity index (χ3v) is 4.13. The maximum absolute atomic E-state index is 5.89. The summed E-state index contributed by atoms with van der Waals surface area (Å²) in [5.41, 5.74) is 4.31. The van der Waals surface area contributed by atoms with Gasteiger partial charge in [-0.25, -0.2) is 0 Å². The monoisotopic (exact) mass is 315 g/mol. The quantitative estimate of drug-likeness (QED) is 0.708. The van der Waals surface area contributed by atoms with Crippen LogP contribution in [0.4, 0.5) is 0 Å². The molecule has 0 saturated carbocycles. The van der Waals surface area contributed by atoms with E-state index in [-0.39, 0.29) is 5.41 Å². The van der Waals surface area contributed by atoms with Crippen molar-refractivity contribution >= 4 is 11.6 Å². The maximum atomic E-state index is 5.89. The van der Waals surface area contributed by atoms with E-state index < -0.39 is 0 Å². The summed E-state index contributed by atoms with van der Waals surface area (Å²) in [7, 11) is 0. The van der Waals surface area contributed by atoms with Crippen LogP contribution in [0.1, 0.15) is 43.9 Å². The fraction of sp³-hybridized carbons (Fsp3) is 0.400. The van der Waals surface area contributed by atoms with Gasteiger partial charge in [-0.15, -0.1) is 0 Å². The third-order valence-electron chi connectivity index (χ3n) is 3.88. The van der Waals surface area contributed by atoms with Crippen molar-refractivity contribution in [1.82, 2.24) is 5.32 Å². The Morgan fingerprint density at radius 1 is 0.864 bits per heavy atom. The predicted octanol–water partition coefficient (Wildman–Crippen LogP) is 5.36. The molecule has 2 rings (SSSR count). The number of nitrogens with one attached hydrogen (secondary N) is 1. The zero-order chi connectivity index (χ0) is 16.0. The lowest BCUT2D eigenvalue weighted by Crippen LogP contribution is -2.16. The van der Waals surface area contributed by atoms with Gasteiger partial charge in [0.1, 0.15) is 0 Å². The molecule has 0 heterocycles. The molecular formula is C20H26ClN. The summed E-state index contributed by atoms with van der Waals surface area (Å²) in [6.07, 6.45) is 2.23. The lowest BCUT2D eigenvalue weighted by atomic mass is 9.87. The fourth-order valence-electron chi connectivity index (χ4n) is 2.42. The Labute approximate surface area is 139 Å². The Bertz CT molecular complexity index is 564. The summed E-state index contributed by atoms with van der Waals surface area (Å²) in [6.45, 7) is 8.71. The molecule has 0 bridgehead atoms. The third kappa shape index (κ3) is 5.47. The van der Waals surface area contributed by atoms with Crippen molar-refractivity contribution < 1.29 is 0 Å². The van der Waals surface area contributed by atoms with E-state index in [1.807, 2.05) is 12.1 Å². The molecule has 0 aromatic heterocycles. The molecule has 0 spiro atoms. The molecular weight excluding hydrogens is 290 g/mol. The molecule has 118 valence electrons. The average molecular weight is 316 g/mol. The molecule has 0 fully saturated rings. The zero-order valence-electron chi connectivity index (χ0n) is 13.8. The van der Waals surface area contributed by atoms with Crippen LogP contribution in [0.15, 0.2) is 48.5 Å². The molecule has 0 aliphatic carbocycles. The van der Waals surface area contributed by atoms with Crippen molar-refractivity contribution in [2.75, 3.05) is 6.54 Å². The van der Waals surface area contributed by atoms with Gasteiger partial charge in [-0.3, -0.25) is 0 Å². The second-order valence-corrected chi connectivity index (χ2v) is 7.29. The number of aryl methyl sites for hydroxylation is 1. The number of hydrogen-bond acceptors (Lipinski definition) is 1. The number of rotatable bonds is 6. The zero-order valence-corrected chi connectivity index (χ0v) is 14.6. The van der Waals surface area contributed by atoms with Crippen molar-refractivity contribution in [2.24, 2.45) is 0 Å². The van der Waals surface area contributed by atoms with Crippen LogP contribution in [0.5, 0.6) is 0 Å². The first kappa shape index (κ1) is 17.1. The molecule has 0 aliphatic heterocycles. The standard InChI is InChI=1S/C20H26ClN/c1-20(2,3)18-10-6-17(7-11-18)15-22-14-4-5-16-8-12-19(21)13-9-16/h6-13,22H,4-5,14-15H2,1-3H3. The SMILES string of the molecule is CC(C)(C)c1ccc(CNCCCc2ccc(Cl)cc2)cc1. The summed E-state index contributed by atoms with van der Waals surface area (Å²) in [5.74, 6) is 0. The summed E-state index contributed by atoms with van der Waals surface area (Å²) < 4.78 is 0. The second kappa shape index (κ2) is 7.80. The molecule has 0 radical (unpaired) electrons. The lowest BCUT2D eigenvalue weighted by molar-refractivity contribution is 0.589. The van der Waals surface area contributed by atoms with Crippen molar-refractivity contribution in [3.8, 4) is 0 Å². The van der Waals surface area contributed by atoms with Crippen LogP contribution < -0.4 is 5.32 Å². The van der Waals surface area contributed by atoms with E-state index >= 15 is 0 Å². The highest BCUT2D eigenvalue weighted by Crippen LogP contribution is 2.22. The Balaban J connectivity index is 1.69. The molecule has 0 amide bonds. The summed E-state index contributed by atoms with van der Waals surface area (Å²) in [5, 5.41) is 4.32. The molecule has 0 saturated heterocycles. The van der Waals surface area contributed by atoms with Crippen LogP contribution in [-0.4, -0.2) is 6.54 Å². The highest BCUT2D eigenvalue weighted by Gasteiger charge is 2.12. The first-order valence-corrected chi connectivity index (χ1v) is 8.37. The lowest BCUT2D eigenvalue weighted by Gasteiger charge is -2.19. The smallest absolute Gasteiger partial charge is 0.0406 e. The van der Waals surface area contributed by atoms with Gasteiger partial charge in [0, 0.05) is 11.6 Å². The van der Waals surface area contributed by atoms with Crippen molar-refractivity contribution in [3.05, 3.63) is 70.2 Å². The van der Waals surface area contributed by atoms with Gasteiger partial charge in [0.15, 0.2) is 0 Å². The summed E-state index contributed by atoms with van der Waals surface area (Å²) in [4.78, 5) is 0. The van der Waals surface area contributed by atoms with Gasteiger partial charge in [0.05, 0.1) is 0 Å². The summed E-state index contributed by atoms with van der Waals surface area (Å²) >= 11 is 5.89. The van der Waals surface area contributed by atoms with Crippen LogP contribution in [0, 0.1) is 0 Å². The average Bonchev–Trinajstić information content (AvgIpc) is 2.48. The fourth-order valence-corrected chi connectivity index (χ4v) is 2.55. The molecule has 1 nitrogen and oxygen atoms in total. The number of hydrogen-bond donors (Lipinski definition) is 1. The Morgan fingerprint density at radius 2 is 1.45 bits per heavy atom. The van der Waals surface area contributed by atoms with Crippen LogP contribution in [0.25, 0.3) is 0 Å². The largest absolute Gasteiger partial charge is 0.313 e. The Kier molecular flexibility index (Phi) is 6.05. The van der Waals surface area contributed by atoms with E-state index in [1.54, 1.807) is 0 Å². The molecule has 22 heavy (non-hydrogen) atoms. The van der Waals surface area contributed by atoms with Crippen molar-refractivity contribution in [2.45, 2.75) is 45.6 Å². The Morgan fingerprint density at radius 3 is 2.05 bits per heavy atom. The minimum Gasteiger partial charge on any atom is -0.313 e. The minimum absolute atomic E-state index is 0.227. The van der Waals surface area contributed by atoms with E-state index in [4.69, 9.17) is 11.6 Å². The molecule has 0 aliphatic rings. The first-order chi connectivity index (χ1) is 10.4. The normalized spacial score (nSPS) is 11.6. The van der Waals surface area contributed by atoms with Gasteiger partial charge in [0.2, 0.25) is 0 Å². The molecule has 2 heteroatoms. The van der Waals surface area contributed by atoms with Crippen LogP contribution in [-0.2, 0) is 18.4 Å². The van der Waals surface area contributed by atoms with Gasteiger partial charge in [-0.05, 0) is 53.6 Å². The second-order valence-electron chi connectivity index (χ2n) is 6.85. The topological polar surface area (TPSA) is 12.0 Å². The number of benzene rings is 2. The van der Waals surface area contributed by atoms with Gasteiger partial charge in [-0.2, -0.15) is 0 Å². The molecule has 1 N–H and O–H groups in total. The number of halogens is 1. The summed E-state index contributed by atoms with van der Waals surface area (Å²) in [6, 6.07) is 17.1. The van der Waals surface area contributed by atoms with E-state index in [2.05, 4.69) is 62.5 Å². The van der Waals surface area contributed by atoms with Gasteiger partial charge < -0.3 is 5.32 Å². The van der Waals surface area contributed by atoms with E-state index in [1.165, 1.54) is 16.7 Å². The molecule has 0 unspecified atom stereocenters. The molecule has 0 atom stereocenters. The first-order valence-electron chi connectivity index (χ1n) is 8.00. The minimum atomic E-state index is 0.227. The van der Waals surface area contributed by atoms with Crippen LogP contribution >= 0.6 is 11.6 Å². The van der Waals surface area contributed by atoms with Crippen LogP contribution in [0.2, 0.25) is 5.02 Å². The van der Waals surface area contributed by atoms with Gasteiger partial charge >= 0.3 is 0 Å². The maximum Gasteiger partial charge on any atom is 0.0406 e. The van der Waals surface area contributed by atoms with E-state index in [0.29, 0.717) is 0 Å². The highest BCUT2D eigenvalue weighted by molar-refractivity contribution is 6.30. The van der Waals surface area contributed by atoms with E-state index in [9.17, 15) is 0 Å². The molecule has 2 aromatic carbocycles. The van der Waals surface area contributed by atoms with Gasteiger partial charge in [-0.1, -0.05) is 68.8 Å². The molecule has 2 aromatic rings.